The maximum atomic E-state index is 12.3. The highest BCUT2D eigenvalue weighted by Gasteiger charge is 2.40. The van der Waals surface area contributed by atoms with Crippen LogP contribution in [0.3, 0.4) is 0 Å². The number of unbranched alkanes of at least 4 members (excludes halogenated alkanes) is 1. The van der Waals surface area contributed by atoms with Gasteiger partial charge in [-0.05, 0) is 24.8 Å². The predicted molar refractivity (Wildman–Crippen MR) is 93.5 cm³/mol. The fraction of sp³-hybridized carbons (Fsp3) is 0.474. The number of esters is 1. The first-order valence-corrected chi connectivity index (χ1v) is 8.26. The van der Waals surface area contributed by atoms with Crippen LogP contribution in [-0.2, 0) is 20.9 Å². The minimum absolute atomic E-state index is 0.152. The van der Waals surface area contributed by atoms with Gasteiger partial charge in [0.1, 0.15) is 12.1 Å². The summed E-state index contributed by atoms with van der Waals surface area (Å²) in [6.45, 7) is 5.87. The predicted octanol–water partition coefficient (Wildman–Crippen LogP) is 3.98. The number of allylic oxidation sites excluding steroid dienone is 1. The summed E-state index contributed by atoms with van der Waals surface area (Å²) in [5, 5.41) is 2.74. The van der Waals surface area contributed by atoms with Gasteiger partial charge in [0.2, 0.25) is 0 Å². The molecular formula is C19H27NO4. The van der Waals surface area contributed by atoms with Crippen LogP contribution in [-0.4, -0.2) is 24.7 Å². The third-order valence-corrected chi connectivity index (χ3v) is 3.86. The lowest BCUT2D eigenvalue weighted by Crippen LogP contribution is -2.55. The number of ether oxygens (including phenoxy) is 2. The monoisotopic (exact) mass is 333 g/mol. The van der Waals surface area contributed by atoms with Gasteiger partial charge in [-0.3, -0.25) is 0 Å². The molecule has 0 aliphatic heterocycles. The van der Waals surface area contributed by atoms with Crippen LogP contribution in [0.4, 0.5) is 4.79 Å². The first kappa shape index (κ1) is 19.7. The number of carbonyl (C=O) groups is 2. The zero-order chi connectivity index (χ0) is 17.8. The summed E-state index contributed by atoms with van der Waals surface area (Å²) in [6, 6.07) is 9.39. The molecule has 0 aliphatic rings. The maximum absolute atomic E-state index is 12.3. The number of rotatable bonds is 10. The fourth-order valence-electron chi connectivity index (χ4n) is 2.48. The third kappa shape index (κ3) is 6.07. The average Bonchev–Trinajstić information content (AvgIpc) is 2.62. The standard InChI is InChI=1S/C19H27NO4/c1-4-6-13-19(14-7-5-2,17(21)23-3)20-18(22)24-15-16-11-9-8-10-12-16/h4,8-12H,1,5-7,13-15H2,2-3H3,(H,20,22). The fourth-order valence-corrected chi connectivity index (χ4v) is 2.48. The Morgan fingerprint density at radius 2 is 1.96 bits per heavy atom. The minimum Gasteiger partial charge on any atom is -0.467 e. The van der Waals surface area contributed by atoms with Crippen molar-refractivity contribution in [2.75, 3.05) is 7.11 Å². The van der Waals surface area contributed by atoms with Crippen LogP contribution in [0.1, 0.15) is 44.6 Å². The summed E-state index contributed by atoms with van der Waals surface area (Å²) >= 11 is 0. The second kappa shape index (κ2) is 10.5. The van der Waals surface area contributed by atoms with Gasteiger partial charge in [-0.1, -0.05) is 56.2 Å². The first-order valence-electron chi connectivity index (χ1n) is 8.26. The number of hydrogen-bond acceptors (Lipinski definition) is 4. The Hall–Kier alpha value is -2.30. The maximum Gasteiger partial charge on any atom is 0.408 e. The molecule has 5 heteroatoms. The van der Waals surface area contributed by atoms with Gasteiger partial charge in [-0.2, -0.15) is 0 Å². The molecule has 0 bridgehead atoms. The lowest BCUT2D eigenvalue weighted by molar-refractivity contribution is -0.149. The Bertz CT molecular complexity index is 529. The molecule has 1 N–H and O–H groups in total. The topological polar surface area (TPSA) is 64.6 Å². The SMILES string of the molecule is C=CCCC(CCCC)(NC(=O)OCc1ccccc1)C(=O)OC. The van der Waals surface area contributed by atoms with Gasteiger partial charge in [0.25, 0.3) is 0 Å². The van der Waals surface area contributed by atoms with E-state index < -0.39 is 17.6 Å². The largest absolute Gasteiger partial charge is 0.467 e. The molecule has 0 heterocycles. The van der Waals surface area contributed by atoms with Crippen molar-refractivity contribution >= 4 is 12.1 Å². The molecule has 0 fully saturated rings. The molecule has 132 valence electrons. The molecule has 1 aromatic rings. The molecule has 1 atom stereocenters. The van der Waals surface area contributed by atoms with Crippen LogP contribution in [0.2, 0.25) is 0 Å². The van der Waals surface area contributed by atoms with Crippen LogP contribution in [0.25, 0.3) is 0 Å². The number of hydrogen-bond donors (Lipinski definition) is 1. The van der Waals surface area contributed by atoms with E-state index in [2.05, 4.69) is 11.9 Å². The molecule has 1 unspecified atom stereocenters. The molecule has 1 aromatic carbocycles. The van der Waals surface area contributed by atoms with Crippen molar-refractivity contribution in [3.8, 4) is 0 Å². The Balaban J connectivity index is 2.78. The summed E-state index contributed by atoms with van der Waals surface area (Å²) in [6.07, 6.45) is 4.34. The highest BCUT2D eigenvalue weighted by molar-refractivity contribution is 5.85. The summed E-state index contributed by atoms with van der Waals surface area (Å²) in [5.41, 5.74) is -0.192. The molecular weight excluding hydrogens is 306 g/mol. The van der Waals surface area contributed by atoms with E-state index in [1.165, 1.54) is 7.11 Å². The van der Waals surface area contributed by atoms with Gasteiger partial charge in [0.15, 0.2) is 0 Å². The zero-order valence-electron chi connectivity index (χ0n) is 14.5. The van der Waals surface area contributed by atoms with E-state index in [9.17, 15) is 9.59 Å². The molecule has 0 saturated heterocycles. The average molecular weight is 333 g/mol. The van der Waals surface area contributed by atoms with Crippen molar-refractivity contribution in [2.45, 2.75) is 51.2 Å². The minimum atomic E-state index is -1.08. The Morgan fingerprint density at radius 1 is 1.25 bits per heavy atom. The normalized spacial score (nSPS) is 12.8. The number of carbonyl (C=O) groups excluding carboxylic acids is 2. The number of methoxy groups -OCH3 is 1. The van der Waals surface area contributed by atoms with Crippen LogP contribution in [0.5, 0.6) is 0 Å². The van der Waals surface area contributed by atoms with Crippen LogP contribution >= 0.6 is 0 Å². The zero-order valence-corrected chi connectivity index (χ0v) is 14.5. The number of amides is 1. The molecule has 1 amide bonds. The second-order valence-electron chi connectivity index (χ2n) is 5.69. The van der Waals surface area contributed by atoms with E-state index in [1.807, 2.05) is 37.3 Å². The van der Waals surface area contributed by atoms with Gasteiger partial charge in [0, 0.05) is 0 Å². The quantitative estimate of drug-likeness (QED) is 0.519. The van der Waals surface area contributed by atoms with Crippen LogP contribution in [0.15, 0.2) is 43.0 Å². The summed E-state index contributed by atoms with van der Waals surface area (Å²) < 4.78 is 10.2. The van der Waals surface area contributed by atoms with Crippen molar-refractivity contribution in [3.05, 3.63) is 48.6 Å². The van der Waals surface area contributed by atoms with Crippen molar-refractivity contribution in [3.63, 3.8) is 0 Å². The summed E-state index contributed by atoms with van der Waals surface area (Å²) in [5.74, 6) is -0.450. The van der Waals surface area contributed by atoms with Crippen LogP contribution < -0.4 is 5.32 Å². The van der Waals surface area contributed by atoms with Gasteiger partial charge in [-0.15, -0.1) is 6.58 Å². The Morgan fingerprint density at radius 3 is 2.54 bits per heavy atom. The van der Waals surface area contributed by atoms with Crippen molar-refractivity contribution in [1.29, 1.82) is 0 Å². The molecule has 0 aromatic heterocycles. The molecule has 24 heavy (non-hydrogen) atoms. The highest BCUT2D eigenvalue weighted by Crippen LogP contribution is 2.23. The molecule has 0 radical (unpaired) electrons. The van der Waals surface area contributed by atoms with Crippen molar-refractivity contribution in [1.82, 2.24) is 5.32 Å². The van der Waals surface area contributed by atoms with Crippen molar-refractivity contribution < 1.29 is 19.1 Å². The van der Waals surface area contributed by atoms with E-state index in [1.54, 1.807) is 6.08 Å². The smallest absolute Gasteiger partial charge is 0.408 e. The highest BCUT2D eigenvalue weighted by atomic mass is 16.6. The van der Waals surface area contributed by atoms with E-state index in [4.69, 9.17) is 9.47 Å². The molecule has 0 spiro atoms. The Kier molecular flexibility index (Phi) is 8.61. The van der Waals surface area contributed by atoms with E-state index in [0.717, 1.165) is 18.4 Å². The summed E-state index contributed by atoms with van der Waals surface area (Å²) in [4.78, 5) is 24.5. The lowest BCUT2D eigenvalue weighted by atomic mass is 9.87. The van der Waals surface area contributed by atoms with E-state index in [0.29, 0.717) is 19.3 Å². The Labute approximate surface area is 144 Å². The van der Waals surface area contributed by atoms with E-state index >= 15 is 0 Å². The van der Waals surface area contributed by atoms with Crippen molar-refractivity contribution in [2.24, 2.45) is 0 Å². The number of alkyl carbamates (subject to hydrolysis) is 1. The molecule has 0 aliphatic carbocycles. The van der Waals surface area contributed by atoms with E-state index in [-0.39, 0.29) is 6.61 Å². The number of benzene rings is 1. The molecule has 0 saturated carbocycles. The van der Waals surface area contributed by atoms with Gasteiger partial charge >= 0.3 is 12.1 Å². The lowest BCUT2D eigenvalue weighted by Gasteiger charge is -2.31. The van der Waals surface area contributed by atoms with Crippen LogP contribution in [0, 0.1) is 0 Å². The van der Waals surface area contributed by atoms with Gasteiger partial charge in [0.05, 0.1) is 7.11 Å². The summed E-state index contributed by atoms with van der Waals surface area (Å²) in [7, 11) is 1.33. The van der Waals surface area contributed by atoms with Gasteiger partial charge < -0.3 is 14.8 Å². The molecule has 1 rings (SSSR count). The third-order valence-electron chi connectivity index (χ3n) is 3.86. The first-order chi connectivity index (χ1) is 11.6. The molecule has 5 nitrogen and oxygen atoms in total. The number of nitrogens with one attached hydrogen (secondary N) is 1. The second-order valence-corrected chi connectivity index (χ2v) is 5.69. The van der Waals surface area contributed by atoms with Gasteiger partial charge in [-0.25, -0.2) is 9.59 Å².